The van der Waals surface area contributed by atoms with Crippen LogP contribution in [0.1, 0.15) is 26.2 Å². The highest BCUT2D eigenvalue weighted by molar-refractivity contribution is 6.13. The van der Waals surface area contributed by atoms with Gasteiger partial charge in [0.2, 0.25) is 5.91 Å². The van der Waals surface area contributed by atoms with E-state index in [9.17, 15) is 4.79 Å². The minimum absolute atomic E-state index is 0.131. The van der Waals surface area contributed by atoms with Crippen molar-refractivity contribution in [3.8, 4) is 0 Å². The third kappa shape index (κ3) is 2.49. The zero-order valence-corrected chi connectivity index (χ0v) is 9.45. The second-order valence-corrected chi connectivity index (χ2v) is 4.28. The van der Waals surface area contributed by atoms with Gasteiger partial charge in [0.1, 0.15) is 0 Å². The fourth-order valence-corrected chi connectivity index (χ4v) is 1.94. The lowest BCUT2D eigenvalue weighted by atomic mass is 9.76. The first-order chi connectivity index (χ1) is 6.62. The van der Waals surface area contributed by atoms with Gasteiger partial charge in [-0.05, 0) is 31.0 Å². The molecule has 0 spiro atoms. The largest absolute Gasteiger partial charge is 0.359 e. The summed E-state index contributed by atoms with van der Waals surface area (Å²) in [5.41, 5.74) is 1.06. The van der Waals surface area contributed by atoms with Crippen molar-refractivity contribution in [3.63, 3.8) is 0 Å². The fourth-order valence-electron chi connectivity index (χ4n) is 1.76. The molecule has 1 unspecified atom stereocenters. The number of rotatable bonds is 3. The van der Waals surface area contributed by atoms with E-state index in [4.69, 9.17) is 11.8 Å². The molecule has 1 aliphatic rings. The molecule has 1 amide bonds. The van der Waals surface area contributed by atoms with Gasteiger partial charge in [0.25, 0.3) is 0 Å². The van der Waals surface area contributed by atoms with Gasteiger partial charge in [-0.15, -0.1) is 0 Å². The van der Waals surface area contributed by atoms with Crippen LogP contribution in [0.5, 0.6) is 0 Å². The van der Waals surface area contributed by atoms with Crippen LogP contribution in [0.3, 0.4) is 0 Å². The molecule has 0 aromatic heterocycles. The fraction of sp³-hybridized carbons (Fsp3) is 0.700. The van der Waals surface area contributed by atoms with E-state index in [2.05, 4.69) is 16.2 Å². The van der Waals surface area contributed by atoms with Gasteiger partial charge in [-0.25, -0.2) is 4.84 Å². The molecule has 0 bridgehead atoms. The van der Waals surface area contributed by atoms with Crippen LogP contribution in [0, 0.1) is 5.41 Å². The third-order valence-corrected chi connectivity index (χ3v) is 3.04. The van der Waals surface area contributed by atoms with Crippen molar-refractivity contribution in [3.05, 3.63) is 11.6 Å². The monoisotopic (exact) mass is 216 g/mol. The summed E-state index contributed by atoms with van der Waals surface area (Å²) in [6, 6.07) is 0. The lowest BCUT2D eigenvalue weighted by Gasteiger charge is -2.30. The van der Waals surface area contributed by atoms with Gasteiger partial charge in [-0.2, -0.15) is 0 Å². The van der Waals surface area contributed by atoms with Crippen molar-refractivity contribution in [2.45, 2.75) is 26.2 Å². The Morgan fingerprint density at radius 3 is 2.86 bits per heavy atom. The maximum Gasteiger partial charge on any atom is 0.226 e. The number of carbonyl (C=O) groups is 1. The lowest BCUT2D eigenvalue weighted by Crippen LogP contribution is -2.38. The van der Waals surface area contributed by atoms with Crippen LogP contribution >= 0.6 is 11.8 Å². The molecule has 0 radical (unpaired) electrons. The summed E-state index contributed by atoms with van der Waals surface area (Å²) in [5.74, 6) is 0.131. The quantitative estimate of drug-likeness (QED) is 0.556. The Labute approximate surface area is 90.0 Å². The smallest absolute Gasteiger partial charge is 0.226 e. The van der Waals surface area contributed by atoms with Gasteiger partial charge in [-0.3, -0.25) is 4.79 Å². The first-order valence-electron chi connectivity index (χ1n) is 4.86. The van der Waals surface area contributed by atoms with Gasteiger partial charge in [0.05, 0.1) is 5.41 Å². The molecule has 1 rings (SSSR count). The Balaban J connectivity index is 2.60. The van der Waals surface area contributed by atoms with E-state index in [0.29, 0.717) is 6.54 Å². The number of halogens is 1. The summed E-state index contributed by atoms with van der Waals surface area (Å²) in [5, 5.41) is 2.71. The molecule has 0 saturated carbocycles. The van der Waals surface area contributed by atoms with Crippen LogP contribution in [0.2, 0.25) is 0 Å². The molecule has 0 aromatic rings. The molecule has 1 atom stereocenters. The molecular weight excluding hydrogens is 200 g/mol. The second kappa shape index (κ2) is 4.80. The molecule has 14 heavy (non-hydrogen) atoms. The molecule has 4 heteroatoms. The van der Waals surface area contributed by atoms with Crippen molar-refractivity contribution in [1.82, 2.24) is 10.2 Å². The van der Waals surface area contributed by atoms with E-state index in [1.165, 1.54) is 5.57 Å². The van der Waals surface area contributed by atoms with Gasteiger partial charge in [0.15, 0.2) is 0 Å². The van der Waals surface area contributed by atoms with Crippen molar-refractivity contribution >= 4 is 17.7 Å². The Hall–Kier alpha value is -0.540. The highest BCUT2D eigenvalue weighted by Gasteiger charge is 2.33. The maximum atomic E-state index is 11.6. The minimum atomic E-state index is -0.232. The zero-order valence-electron chi connectivity index (χ0n) is 8.69. The first-order valence-corrected chi connectivity index (χ1v) is 5.24. The van der Waals surface area contributed by atoms with E-state index in [-0.39, 0.29) is 11.3 Å². The molecule has 0 aliphatic heterocycles. The standard InChI is InChI=1S/C10H17ClN2O/c1-10(9(14)12-2)5-3-8(4-6-10)7-13-11/h3,13H,4-7H2,1-2H3,(H,12,14). The Kier molecular flexibility index (Phi) is 3.96. The zero-order chi connectivity index (χ0) is 10.6. The van der Waals surface area contributed by atoms with Crippen LogP contribution in [0.4, 0.5) is 0 Å². The summed E-state index contributed by atoms with van der Waals surface area (Å²) in [4.78, 5) is 14.2. The molecular formula is C10H17ClN2O. The maximum absolute atomic E-state index is 11.6. The minimum Gasteiger partial charge on any atom is -0.359 e. The van der Waals surface area contributed by atoms with Crippen LogP contribution in [0.15, 0.2) is 11.6 Å². The summed E-state index contributed by atoms with van der Waals surface area (Å²) in [7, 11) is 1.69. The van der Waals surface area contributed by atoms with Crippen molar-refractivity contribution in [1.29, 1.82) is 0 Å². The van der Waals surface area contributed by atoms with E-state index >= 15 is 0 Å². The van der Waals surface area contributed by atoms with E-state index in [1.807, 2.05) is 6.92 Å². The molecule has 1 aliphatic carbocycles. The molecule has 80 valence electrons. The lowest BCUT2D eigenvalue weighted by molar-refractivity contribution is -0.130. The summed E-state index contributed by atoms with van der Waals surface area (Å²) < 4.78 is 0. The van der Waals surface area contributed by atoms with Gasteiger partial charge < -0.3 is 5.32 Å². The number of hydrogen-bond acceptors (Lipinski definition) is 2. The van der Waals surface area contributed by atoms with Crippen LogP contribution < -0.4 is 10.2 Å². The third-order valence-electron chi connectivity index (χ3n) is 2.91. The van der Waals surface area contributed by atoms with E-state index in [0.717, 1.165) is 19.3 Å². The van der Waals surface area contributed by atoms with Crippen molar-refractivity contribution in [2.75, 3.05) is 13.6 Å². The predicted molar refractivity (Wildman–Crippen MR) is 58.0 cm³/mol. The number of amides is 1. The number of carbonyl (C=O) groups excluding carboxylic acids is 1. The van der Waals surface area contributed by atoms with Crippen LogP contribution in [0.25, 0.3) is 0 Å². The Morgan fingerprint density at radius 2 is 2.43 bits per heavy atom. The Bertz CT molecular complexity index is 253. The number of allylic oxidation sites excluding steroid dienone is 1. The van der Waals surface area contributed by atoms with E-state index in [1.54, 1.807) is 7.05 Å². The van der Waals surface area contributed by atoms with Crippen LogP contribution in [-0.2, 0) is 4.79 Å². The molecule has 0 heterocycles. The second-order valence-electron chi connectivity index (χ2n) is 4.02. The average Bonchev–Trinajstić information content (AvgIpc) is 2.21. The summed E-state index contributed by atoms with van der Waals surface area (Å²) in [6.07, 6.45) is 4.77. The number of nitrogens with one attached hydrogen (secondary N) is 2. The first kappa shape index (κ1) is 11.5. The SMILES string of the molecule is CNC(=O)C1(C)CC=C(CNCl)CC1. The van der Waals surface area contributed by atoms with E-state index < -0.39 is 0 Å². The molecule has 0 aromatic carbocycles. The normalized spacial score (nSPS) is 26.9. The topological polar surface area (TPSA) is 41.1 Å². The predicted octanol–water partition coefficient (Wildman–Crippen LogP) is 1.59. The van der Waals surface area contributed by atoms with Crippen molar-refractivity contribution in [2.24, 2.45) is 5.41 Å². The van der Waals surface area contributed by atoms with Crippen molar-refractivity contribution < 1.29 is 4.79 Å². The molecule has 2 N–H and O–H groups in total. The summed E-state index contributed by atoms with van der Waals surface area (Å²) >= 11 is 5.43. The van der Waals surface area contributed by atoms with Crippen LogP contribution in [-0.4, -0.2) is 19.5 Å². The highest BCUT2D eigenvalue weighted by Crippen LogP contribution is 2.34. The molecule has 0 saturated heterocycles. The highest BCUT2D eigenvalue weighted by atomic mass is 35.5. The number of hydrogen-bond donors (Lipinski definition) is 2. The van der Waals surface area contributed by atoms with Gasteiger partial charge >= 0.3 is 0 Å². The average molecular weight is 217 g/mol. The molecule has 3 nitrogen and oxygen atoms in total. The molecule has 0 fully saturated rings. The van der Waals surface area contributed by atoms with Gasteiger partial charge in [-0.1, -0.05) is 18.6 Å². The van der Waals surface area contributed by atoms with Gasteiger partial charge in [0, 0.05) is 13.6 Å². The summed E-state index contributed by atoms with van der Waals surface area (Å²) in [6.45, 7) is 2.72. The Morgan fingerprint density at radius 1 is 1.71 bits per heavy atom.